The van der Waals surface area contributed by atoms with Crippen LogP contribution in [0.3, 0.4) is 0 Å². The first-order valence-electron chi connectivity index (χ1n) is 4.78. The van der Waals surface area contributed by atoms with Crippen molar-refractivity contribution in [3.8, 4) is 0 Å². The molecule has 1 aliphatic heterocycles. The molecule has 0 unspecified atom stereocenters. The van der Waals surface area contributed by atoms with Crippen molar-refractivity contribution in [1.82, 2.24) is 4.98 Å². The van der Waals surface area contributed by atoms with Crippen molar-refractivity contribution in [2.45, 2.75) is 6.92 Å². The number of nitrogens with two attached hydrogens (primary N) is 1. The van der Waals surface area contributed by atoms with Gasteiger partial charge in [-0.15, -0.1) is 0 Å². The molecule has 1 saturated heterocycles. The molecule has 0 saturated carbocycles. The minimum Gasteiger partial charge on any atom is -0.378 e. The number of aromatic nitrogens is 1. The highest BCUT2D eigenvalue weighted by molar-refractivity contribution is 7.17. The third kappa shape index (κ3) is 2.10. The molecule has 1 aromatic heterocycles. The molecule has 0 spiro atoms. The van der Waals surface area contributed by atoms with E-state index in [1.807, 2.05) is 0 Å². The molecule has 15 heavy (non-hydrogen) atoms. The van der Waals surface area contributed by atoms with Gasteiger partial charge in [-0.2, -0.15) is 0 Å². The number of morpholine rings is 1. The summed E-state index contributed by atoms with van der Waals surface area (Å²) in [6.45, 7) is 4.88. The first-order chi connectivity index (χ1) is 7.18. The molecule has 82 valence electrons. The fraction of sp³-hybridized carbons (Fsp3) is 0.556. The van der Waals surface area contributed by atoms with Gasteiger partial charge in [-0.05, 0) is 6.92 Å². The first-order valence-corrected chi connectivity index (χ1v) is 5.60. The zero-order valence-electron chi connectivity index (χ0n) is 8.52. The normalized spacial score (nSPS) is 16.7. The van der Waals surface area contributed by atoms with E-state index in [-0.39, 0.29) is 0 Å². The van der Waals surface area contributed by atoms with Crippen molar-refractivity contribution in [1.29, 1.82) is 0 Å². The van der Waals surface area contributed by atoms with E-state index in [1.165, 1.54) is 11.3 Å². The predicted molar refractivity (Wildman–Crippen MR) is 58.4 cm³/mol. The summed E-state index contributed by atoms with van der Waals surface area (Å²) < 4.78 is 5.25. The van der Waals surface area contributed by atoms with Crippen LogP contribution in [-0.2, 0) is 4.74 Å². The summed E-state index contributed by atoms with van der Waals surface area (Å²) in [6.07, 6.45) is 0. The van der Waals surface area contributed by atoms with Crippen LogP contribution in [0.25, 0.3) is 0 Å². The molecular formula is C9H13N3O2S. The highest BCUT2D eigenvalue weighted by Crippen LogP contribution is 2.26. The number of carbonyl (C=O) groups excluding carboxylic acids is 1. The van der Waals surface area contributed by atoms with Crippen LogP contribution >= 0.6 is 11.3 Å². The Balaban J connectivity index is 2.21. The summed E-state index contributed by atoms with van der Waals surface area (Å²) in [5.74, 6) is -0.399. The third-order valence-electron chi connectivity index (χ3n) is 2.29. The maximum atomic E-state index is 11.1. The van der Waals surface area contributed by atoms with Gasteiger partial charge in [-0.3, -0.25) is 4.79 Å². The van der Waals surface area contributed by atoms with E-state index >= 15 is 0 Å². The van der Waals surface area contributed by atoms with Gasteiger partial charge in [0, 0.05) is 13.1 Å². The second-order valence-corrected chi connectivity index (χ2v) is 4.35. The number of ether oxygens (including phenoxy) is 1. The smallest absolute Gasteiger partial charge is 0.260 e. The van der Waals surface area contributed by atoms with Crippen molar-refractivity contribution >= 4 is 22.4 Å². The summed E-state index contributed by atoms with van der Waals surface area (Å²) in [4.78, 5) is 18.1. The van der Waals surface area contributed by atoms with Gasteiger partial charge in [0.25, 0.3) is 5.91 Å². The van der Waals surface area contributed by atoms with E-state index in [4.69, 9.17) is 10.5 Å². The van der Waals surface area contributed by atoms with Gasteiger partial charge in [0.05, 0.1) is 18.9 Å². The Kier molecular flexibility index (Phi) is 2.88. The van der Waals surface area contributed by atoms with E-state index in [0.717, 1.165) is 18.2 Å². The Morgan fingerprint density at radius 2 is 2.20 bits per heavy atom. The monoisotopic (exact) mass is 227 g/mol. The van der Waals surface area contributed by atoms with Crippen LogP contribution in [0, 0.1) is 6.92 Å². The number of anilines is 1. The number of rotatable bonds is 2. The lowest BCUT2D eigenvalue weighted by atomic mass is 10.4. The van der Waals surface area contributed by atoms with Gasteiger partial charge in [-0.25, -0.2) is 4.98 Å². The molecule has 2 rings (SSSR count). The molecule has 5 nitrogen and oxygen atoms in total. The number of aryl methyl sites for hydroxylation is 1. The first kappa shape index (κ1) is 10.4. The molecule has 0 aromatic carbocycles. The van der Waals surface area contributed by atoms with Gasteiger partial charge in [0.1, 0.15) is 4.88 Å². The van der Waals surface area contributed by atoms with Crippen molar-refractivity contribution < 1.29 is 9.53 Å². The zero-order valence-corrected chi connectivity index (χ0v) is 9.34. The Morgan fingerprint density at radius 1 is 1.53 bits per heavy atom. The quantitative estimate of drug-likeness (QED) is 0.793. The fourth-order valence-corrected chi connectivity index (χ4v) is 2.47. The van der Waals surface area contributed by atoms with E-state index in [9.17, 15) is 4.79 Å². The number of hydrogen-bond donors (Lipinski definition) is 1. The Morgan fingerprint density at radius 3 is 2.73 bits per heavy atom. The minimum absolute atomic E-state index is 0.399. The molecule has 1 aliphatic rings. The maximum Gasteiger partial charge on any atom is 0.260 e. The number of amides is 1. The number of primary amides is 1. The largest absolute Gasteiger partial charge is 0.378 e. The molecule has 0 bridgehead atoms. The van der Waals surface area contributed by atoms with Crippen LogP contribution in [0.15, 0.2) is 0 Å². The molecule has 1 fully saturated rings. The summed E-state index contributed by atoms with van der Waals surface area (Å²) in [5, 5.41) is 0.865. The molecule has 2 heterocycles. The van der Waals surface area contributed by atoms with Crippen LogP contribution in [0.2, 0.25) is 0 Å². The molecule has 0 radical (unpaired) electrons. The van der Waals surface area contributed by atoms with Crippen LogP contribution in [0.5, 0.6) is 0 Å². The molecule has 6 heteroatoms. The van der Waals surface area contributed by atoms with Crippen molar-refractivity contribution in [3.05, 3.63) is 10.6 Å². The van der Waals surface area contributed by atoms with E-state index < -0.39 is 5.91 Å². The predicted octanol–water partition coefficient (Wildman–Crippen LogP) is 0.387. The maximum absolute atomic E-state index is 11.1. The Bertz CT molecular complexity index is 371. The number of hydrogen-bond acceptors (Lipinski definition) is 5. The lowest BCUT2D eigenvalue weighted by molar-refractivity contribution is 0.100. The van der Waals surface area contributed by atoms with Crippen LogP contribution in [-0.4, -0.2) is 37.2 Å². The van der Waals surface area contributed by atoms with Crippen molar-refractivity contribution in [2.24, 2.45) is 5.73 Å². The molecule has 0 atom stereocenters. The van der Waals surface area contributed by atoms with E-state index in [0.29, 0.717) is 23.8 Å². The topological polar surface area (TPSA) is 68.5 Å². The standard InChI is InChI=1S/C9H13N3O2S/c1-6-7(8(10)13)15-9(11-6)12-2-4-14-5-3-12/h2-5H2,1H3,(H2,10,13). The Labute approximate surface area is 91.9 Å². The highest BCUT2D eigenvalue weighted by Gasteiger charge is 2.18. The summed E-state index contributed by atoms with van der Waals surface area (Å²) in [5.41, 5.74) is 5.96. The molecular weight excluding hydrogens is 214 g/mol. The molecule has 2 N–H and O–H groups in total. The zero-order chi connectivity index (χ0) is 10.8. The minimum atomic E-state index is -0.399. The van der Waals surface area contributed by atoms with Crippen LogP contribution in [0.4, 0.5) is 5.13 Å². The van der Waals surface area contributed by atoms with Gasteiger partial charge in [0.15, 0.2) is 5.13 Å². The van der Waals surface area contributed by atoms with Crippen LogP contribution in [0.1, 0.15) is 15.4 Å². The molecule has 0 aliphatic carbocycles. The van der Waals surface area contributed by atoms with Gasteiger partial charge >= 0.3 is 0 Å². The SMILES string of the molecule is Cc1nc(N2CCOCC2)sc1C(N)=O. The van der Waals surface area contributed by atoms with Gasteiger partial charge < -0.3 is 15.4 Å². The lowest BCUT2D eigenvalue weighted by Gasteiger charge is -2.25. The van der Waals surface area contributed by atoms with Crippen LogP contribution < -0.4 is 10.6 Å². The second kappa shape index (κ2) is 4.16. The molecule has 1 amide bonds. The molecule has 1 aromatic rings. The van der Waals surface area contributed by atoms with Gasteiger partial charge in [0.2, 0.25) is 0 Å². The highest BCUT2D eigenvalue weighted by atomic mass is 32.1. The van der Waals surface area contributed by atoms with E-state index in [2.05, 4.69) is 9.88 Å². The lowest BCUT2D eigenvalue weighted by Crippen LogP contribution is -2.36. The average Bonchev–Trinajstić information content (AvgIpc) is 2.62. The Hall–Kier alpha value is -1.14. The average molecular weight is 227 g/mol. The van der Waals surface area contributed by atoms with Gasteiger partial charge in [-0.1, -0.05) is 11.3 Å². The summed E-state index contributed by atoms with van der Waals surface area (Å²) in [6, 6.07) is 0. The third-order valence-corrected chi connectivity index (χ3v) is 3.52. The summed E-state index contributed by atoms with van der Waals surface area (Å²) >= 11 is 1.36. The number of carbonyl (C=O) groups is 1. The number of thiazole rings is 1. The van der Waals surface area contributed by atoms with E-state index in [1.54, 1.807) is 6.92 Å². The van der Waals surface area contributed by atoms with Crippen molar-refractivity contribution in [3.63, 3.8) is 0 Å². The summed E-state index contributed by atoms with van der Waals surface area (Å²) in [7, 11) is 0. The second-order valence-electron chi connectivity index (χ2n) is 3.37. The number of nitrogens with zero attached hydrogens (tertiary/aromatic N) is 2. The fourth-order valence-electron chi connectivity index (χ4n) is 1.50. The van der Waals surface area contributed by atoms with Crippen molar-refractivity contribution in [2.75, 3.05) is 31.2 Å².